The largest absolute Gasteiger partial charge is 0.365 e. The zero-order chi connectivity index (χ0) is 10.8. The number of nitrogens with two attached hydrogens (primary N) is 2. The van der Waals surface area contributed by atoms with Gasteiger partial charge in [-0.2, -0.15) is 0 Å². The number of likely N-dealkylation sites (tertiary alicyclic amines) is 1. The van der Waals surface area contributed by atoms with Crippen molar-refractivity contribution in [2.24, 2.45) is 11.5 Å². The van der Waals surface area contributed by atoms with E-state index < -0.39 is 17.7 Å². The molecule has 4 N–H and O–H groups in total. The standard InChI is InChI=1S/C8H15N3O3/c1-2-14-8(6(9)12)4-3-5-11(8)7(10)13/h2-5H2,1H3,(H2,9,12)(H2,10,13). The minimum atomic E-state index is -1.32. The topological polar surface area (TPSA) is 98.7 Å². The van der Waals surface area contributed by atoms with Crippen LogP contribution in [-0.2, 0) is 9.53 Å². The summed E-state index contributed by atoms with van der Waals surface area (Å²) in [5, 5.41) is 0. The van der Waals surface area contributed by atoms with E-state index in [4.69, 9.17) is 16.2 Å². The summed E-state index contributed by atoms with van der Waals surface area (Å²) >= 11 is 0. The number of amides is 3. The molecule has 1 heterocycles. The Bertz CT molecular complexity index is 256. The van der Waals surface area contributed by atoms with Gasteiger partial charge >= 0.3 is 6.03 Å². The fourth-order valence-corrected chi connectivity index (χ4v) is 1.80. The van der Waals surface area contributed by atoms with E-state index in [1.807, 2.05) is 0 Å². The van der Waals surface area contributed by atoms with Crippen molar-refractivity contribution in [2.75, 3.05) is 13.2 Å². The molecule has 0 radical (unpaired) electrons. The number of hydrogen-bond acceptors (Lipinski definition) is 3. The van der Waals surface area contributed by atoms with Gasteiger partial charge in [0.1, 0.15) is 0 Å². The Hall–Kier alpha value is -1.30. The predicted octanol–water partition coefficient (Wildman–Crippen LogP) is -0.621. The van der Waals surface area contributed by atoms with Gasteiger partial charge in [0.2, 0.25) is 5.72 Å². The van der Waals surface area contributed by atoms with Crippen molar-refractivity contribution in [3.8, 4) is 0 Å². The molecule has 1 unspecified atom stereocenters. The highest BCUT2D eigenvalue weighted by molar-refractivity contribution is 5.88. The van der Waals surface area contributed by atoms with E-state index in [1.165, 1.54) is 4.90 Å². The van der Waals surface area contributed by atoms with Gasteiger partial charge in [0.15, 0.2) is 0 Å². The van der Waals surface area contributed by atoms with E-state index in [0.29, 0.717) is 26.0 Å². The first-order chi connectivity index (χ1) is 6.54. The molecule has 1 aliphatic rings. The Morgan fingerprint density at radius 3 is 2.57 bits per heavy atom. The highest BCUT2D eigenvalue weighted by Crippen LogP contribution is 2.29. The number of carbonyl (C=O) groups is 2. The van der Waals surface area contributed by atoms with E-state index >= 15 is 0 Å². The van der Waals surface area contributed by atoms with Crippen LogP contribution in [0.25, 0.3) is 0 Å². The number of primary amides is 2. The molecule has 1 aliphatic heterocycles. The monoisotopic (exact) mass is 201 g/mol. The number of urea groups is 1. The van der Waals surface area contributed by atoms with Crippen LogP contribution in [-0.4, -0.2) is 35.7 Å². The number of hydrogen-bond donors (Lipinski definition) is 2. The van der Waals surface area contributed by atoms with Gasteiger partial charge < -0.3 is 16.2 Å². The van der Waals surface area contributed by atoms with Gasteiger partial charge in [-0.15, -0.1) is 0 Å². The van der Waals surface area contributed by atoms with Gasteiger partial charge in [0, 0.05) is 19.6 Å². The van der Waals surface area contributed by atoms with Crippen LogP contribution < -0.4 is 11.5 Å². The maximum Gasteiger partial charge on any atom is 0.317 e. The van der Waals surface area contributed by atoms with E-state index in [2.05, 4.69) is 0 Å². The second kappa shape index (κ2) is 3.83. The Morgan fingerprint density at radius 1 is 1.50 bits per heavy atom. The lowest BCUT2D eigenvalue weighted by atomic mass is 10.1. The first kappa shape index (κ1) is 10.8. The van der Waals surface area contributed by atoms with E-state index in [9.17, 15) is 9.59 Å². The lowest BCUT2D eigenvalue weighted by Crippen LogP contribution is -2.59. The molecule has 6 nitrogen and oxygen atoms in total. The van der Waals surface area contributed by atoms with E-state index in [1.54, 1.807) is 6.92 Å². The molecular weight excluding hydrogens is 186 g/mol. The van der Waals surface area contributed by atoms with Crippen LogP contribution in [0.2, 0.25) is 0 Å². The van der Waals surface area contributed by atoms with Gasteiger partial charge in [-0.25, -0.2) is 4.79 Å². The summed E-state index contributed by atoms with van der Waals surface area (Å²) in [6, 6.07) is -0.672. The molecule has 0 spiro atoms. The molecule has 1 atom stereocenters. The predicted molar refractivity (Wildman–Crippen MR) is 49.1 cm³/mol. The Morgan fingerprint density at radius 2 is 2.14 bits per heavy atom. The van der Waals surface area contributed by atoms with Crippen LogP contribution in [0.4, 0.5) is 4.79 Å². The van der Waals surface area contributed by atoms with Crippen LogP contribution in [0.5, 0.6) is 0 Å². The molecule has 80 valence electrons. The molecule has 1 rings (SSSR count). The number of carbonyl (C=O) groups excluding carboxylic acids is 2. The molecule has 6 heteroatoms. The van der Waals surface area contributed by atoms with Crippen LogP contribution in [0.1, 0.15) is 19.8 Å². The maximum absolute atomic E-state index is 11.3. The van der Waals surface area contributed by atoms with Crippen molar-refractivity contribution in [3.63, 3.8) is 0 Å². The van der Waals surface area contributed by atoms with Crippen molar-refractivity contribution in [3.05, 3.63) is 0 Å². The van der Waals surface area contributed by atoms with Gasteiger partial charge in [-0.05, 0) is 13.3 Å². The minimum Gasteiger partial charge on any atom is -0.365 e. The number of ether oxygens (including phenoxy) is 1. The quantitative estimate of drug-likeness (QED) is 0.636. The lowest BCUT2D eigenvalue weighted by Gasteiger charge is -2.33. The van der Waals surface area contributed by atoms with Crippen molar-refractivity contribution in [1.29, 1.82) is 0 Å². The van der Waals surface area contributed by atoms with E-state index in [0.717, 1.165) is 0 Å². The van der Waals surface area contributed by atoms with Crippen LogP contribution in [0, 0.1) is 0 Å². The Balaban J connectivity index is 2.95. The lowest BCUT2D eigenvalue weighted by molar-refractivity contribution is -0.160. The molecule has 0 bridgehead atoms. The minimum absolute atomic E-state index is 0.312. The number of rotatable bonds is 3. The fraction of sp³-hybridized carbons (Fsp3) is 0.750. The normalized spacial score (nSPS) is 26.5. The first-order valence-electron chi connectivity index (χ1n) is 4.55. The summed E-state index contributed by atoms with van der Waals surface area (Å²) in [4.78, 5) is 23.5. The van der Waals surface area contributed by atoms with Crippen LogP contribution in [0.15, 0.2) is 0 Å². The molecule has 0 aromatic rings. The number of nitrogens with zero attached hydrogens (tertiary/aromatic N) is 1. The third kappa shape index (κ3) is 1.52. The summed E-state index contributed by atoms with van der Waals surface area (Å²) < 4.78 is 5.28. The van der Waals surface area contributed by atoms with Crippen molar-refractivity contribution in [1.82, 2.24) is 4.90 Å². The summed E-state index contributed by atoms with van der Waals surface area (Å²) in [5.41, 5.74) is 9.06. The third-order valence-electron chi connectivity index (χ3n) is 2.37. The maximum atomic E-state index is 11.3. The molecule has 0 saturated carbocycles. The van der Waals surface area contributed by atoms with Crippen LogP contribution >= 0.6 is 0 Å². The van der Waals surface area contributed by atoms with Gasteiger partial charge in [-0.3, -0.25) is 9.69 Å². The zero-order valence-corrected chi connectivity index (χ0v) is 8.16. The van der Waals surface area contributed by atoms with Crippen molar-refractivity contribution < 1.29 is 14.3 Å². The van der Waals surface area contributed by atoms with Gasteiger partial charge in [-0.1, -0.05) is 0 Å². The highest BCUT2D eigenvalue weighted by atomic mass is 16.5. The molecule has 1 fully saturated rings. The average molecular weight is 201 g/mol. The fourth-order valence-electron chi connectivity index (χ4n) is 1.80. The molecule has 0 aliphatic carbocycles. The summed E-state index contributed by atoms with van der Waals surface area (Å²) in [5.74, 6) is -0.657. The molecule has 1 saturated heterocycles. The average Bonchev–Trinajstić information content (AvgIpc) is 2.50. The summed E-state index contributed by atoms with van der Waals surface area (Å²) in [6.45, 7) is 2.47. The summed E-state index contributed by atoms with van der Waals surface area (Å²) in [7, 11) is 0. The highest BCUT2D eigenvalue weighted by Gasteiger charge is 2.49. The second-order valence-electron chi connectivity index (χ2n) is 3.18. The summed E-state index contributed by atoms with van der Waals surface area (Å²) in [6.07, 6.45) is 1.09. The third-order valence-corrected chi connectivity index (χ3v) is 2.37. The molecule has 14 heavy (non-hydrogen) atoms. The van der Waals surface area contributed by atoms with Gasteiger partial charge in [0.25, 0.3) is 5.91 Å². The molecule has 0 aromatic carbocycles. The van der Waals surface area contributed by atoms with Crippen molar-refractivity contribution >= 4 is 11.9 Å². The molecule has 3 amide bonds. The van der Waals surface area contributed by atoms with E-state index in [-0.39, 0.29) is 0 Å². The first-order valence-corrected chi connectivity index (χ1v) is 4.55. The van der Waals surface area contributed by atoms with Crippen LogP contribution in [0.3, 0.4) is 0 Å². The van der Waals surface area contributed by atoms with Gasteiger partial charge in [0.05, 0.1) is 0 Å². The Kier molecular flexibility index (Phi) is 2.95. The Labute approximate surface area is 82.2 Å². The molecular formula is C8H15N3O3. The SMILES string of the molecule is CCOC1(C(N)=O)CCCN1C(N)=O. The molecule has 0 aromatic heterocycles. The smallest absolute Gasteiger partial charge is 0.317 e. The van der Waals surface area contributed by atoms with Crippen molar-refractivity contribution in [2.45, 2.75) is 25.5 Å². The zero-order valence-electron chi connectivity index (χ0n) is 8.16. The second-order valence-corrected chi connectivity index (χ2v) is 3.18.